The van der Waals surface area contributed by atoms with E-state index >= 15 is 0 Å². The summed E-state index contributed by atoms with van der Waals surface area (Å²) in [6.45, 7) is -0.963. The highest BCUT2D eigenvalue weighted by Crippen LogP contribution is 2.60. The van der Waals surface area contributed by atoms with Crippen LogP contribution in [0.2, 0.25) is 0 Å². The molecule has 0 unspecified atom stereocenters. The van der Waals surface area contributed by atoms with Crippen molar-refractivity contribution in [3.8, 4) is 0 Å². The van der Waals surface area contributed by atoms with E-state index in [4.69, 9.17) is 4.74 Å². The normalized spacial score (nSPS) is 30.6. The summed E-state index contributed by atoms with van der Waals surface area (Å²) in [4.78, 5) is 51.6. The molecule has 2 saturated carbocycles. The van der Waals surface area contributed by atoms with E-state index in [0.29, 0.717) is 5.69 Å². The van der Waals surface area contributed by atoms with E-state index < -0.39 is 25.0 Å². The molecular weight excluding hydrogens is 544 g/mol. The van der Waals surface area contributed by atoms with Gasteiger partial charge in [0.15, 0.2) is 6.61 Å². The van der Waals surface area contributed by atoms with Crippen LogP contribution in [0.4, 0.5) is 5.69 Å². The lowest BCUT2D eigenvalue weighted by Gasteiger charge is -2.28. The first-order valence-corrected chi connectivity index (χ1v) is 12.3. The molecule has 6 atom stereocenters. The van der Waals surface area contributed by atoms with Crippen molar-refractivity contribution < 1.29 is 23.9 Å². The molecule has 2 aliphatic carbocycles. The van der Waals surface area contributed by atoms with Crippen LogP contribution in [-0.2, 0) is 23.9 Å². The van der Waals surface area contributed by atoms with Crippen molar-refractivity contribution in [2.75, 3.05) is 18.5 Å². The number of hydrogen-bond donors (Lipinski definition) is 1. The molecule has 2 bridgehead atoms. The van der Waals surface area contributed by atoms with Gasteiger partial charge in [0.05, 0.1) is 11.8 Å². The van der Waals surface area contributed by atoms with Crippen LogP contribution in [0.5, 0.6) is 0 Å². The molecule has 2 aromatic carbocycles. The Morgan fingerprint density at radius 2 is 1.59 bits per heavy atom. The molecule has 1 heterocycles. The fourth-order valence-electron chi connectivity index (χ4n) is 5.41. The summed E-state index contributed by atoms with van der Waals surface area (Å²) in [5.74, 6) is -2.49. The van der Waals surface area contributed by atoms with Gasteiger partial charge in [-0.1, -0.05) is 68.3 Å². The number of anilines is 1. The molecule has 7 nitrogen and oxygen atoms in total. The number of fused-ring (bicyclic) bond motifs is 6. The van der Waals surface area contributed by atoms with E-state index in [1.807, 2.05) is 36.4 Å². The van der Waals surface area contributed by atoms with E-state index in [9.17, 15) is 19.2 Å². The molecule has 3 amide bonds. The second kappa shape index (κ2) is 8.26. The van der Waals surface area contributed by atoms with Gasteiger partial charge in [-0.15, -0.1) is 0 Å². The summed E-state index contributed by atoms with van der Waals surface area (Å²) in [7, 11) is 0. The fourth-order valence-corrected chi connectivity index (χ4v) is 7.28. The van der Waals surface area contributed by atoms with Crippen LogP contribution in [0, 0.1) is 23.7 Å². The number of nitrogens with zero attached hydrogens (tertiary/aromatic N) is 1. The summed E-state index contributed by atoms with van der Waals surface area (Å²) in [6, 6.07) is 13.1. The molecule has 0 radical (unpaired) electrons. The maximum Gasteiger partial charge on any atom is 0.326 e. The molecule has 32 heavy (non-hydrogen) atoms. The minimum Gasteiger partial charge on any atom is -0.454 e. The van der Waals surface area contributed by atoms with Gasteiger partial charge >= 0.3 is 5.97 Å². The third kappa shape index (κ3) is 3.46. The van der Waals surface area contributed by atoms with Gasteiger partial charge in [0.1, 0.15) is 6.54 Å². The van der Waals surface area contributed by atoms with E-state index in [2.05, 4.69) is 37.2 Å². The first-order valence-electron chi connectivity index (χ1n) is 10.4. The van der Waals surface area contributed by atoms with Gasteiger partial charge in [-0.2, -0.15) is 0 Å². The molecule has 0 aromatic heterocycles. The summed E-state index contributed by atoms with van der Waals surface area (Å²) >= 11 is 7.27. The zero-order chi connectivity index (χ0) is 22.6. The summed E-state index contributed by atoms with van der Waals surface area (Å²) in [5.41, 5.74) is 0.617. The van der Waals surface area contributed by atoms with Crippen molar-refractivity contribution in [2.45, 2.75) is 16.1 Å². The van der Waals surface area contributed by atoms with Crippen LogP contribution in [0.15, 0.2) is 42.5 Å². The Morgan fingerprint density at radius 1 is 0.969 bits per heavy atom. The monoisotopic (exact) mass is 562 g/mol. The van der Waals surface area contributed by atoms with Gasteiger partial charge in [0, 0.05) is 20.7 Å². The Morgan fingerprint density at radius 3 is 2.28 bits per heavy atom. The van der Waals surface area contributed by atoms with Crippen molar-refractivity contribution in [1.29, 1.82) is 0 Å². The quantitative estimate of drug-likeness (QED) is 0.343. The van der Waals surface area contributed by atoms with Crippen LogP contribution in [0.3, 0.4) is 0 Å². The van der Waals surface area contributed by atoms with Gasteiger partial charge in [0.2, 0.25) is 11.8 Å². The highest BCUT2D eigenvalue weighted by Gasteiger charge is 2.66. The molecule has 1 saturated heterocycles. The maximum atomic E-state index is 12.9. The number of carbonyl (C=O) groups excluding carboxylic acids is 4. The van der Waals surface area contributed by atoms with Crippen LogP contribution in [0.25, 0.3) is 10.8 Å². The molecule has 1 aliphatic heterocycles. The standard InChI is InChI=1S/C23H20Br2N2O5/c24-20-13-8-14(21(20)25)19-18(13)22(30)27(23(19)31)9-17(29)32-10-16(28)26-15-7-3-5-11-4-1-2-6-12(11)15/h1-7,13-14,18-21H,8-10H2,(H,26,28)/t13-,14-,18-,19+,20+,21+/m1/s1. The fraction of sp³-hybridized carbons (Fsp3) is 0.391. The van der Waals surface area contributed by atoms with Crippen molar-refractivity contribution in [1.82, 2.24) is 4.90 Å². The Hall–Kier alpha value is -2.26. The zero-order valence-corrected chi connectivity index (χ0v) is 20.0. The van der Waals surface area contributed by atoms with Crippen LogP contribution in [-0.4, -0.2) is 51.4 Å². The van der Waals surface area contributed by atoms with Crippen LogP contribution in [0.1, 0.15) is 6.42 Å². The second-order valence-electron chi connectivity index (χ2n) is 8.50. The van der Waals surface area contributed by atoms with Crippen LogP contribution >= 0.6 is 31.9 Å². The average molecular weight is 564 g/mol. The van der Waals surface area contributed by atoms with Crippen molar-refractivity contribution >= 4 is 72.0 Å². The highest BCUT2D eigenvalue weighted by atomic mass is 79.9. The number of imide groups is 1. The number of ether oxygens (including phenoxy) is 1. The Labute approximate surface area is 201 Å². The number of carbonyl (C=O) groups is 4. The van der Waals surface area contributed by atoms with Gasteiger partial charge in [0.25, 0.3) is 5.91 Å². The Balaban J connectivity index is 1.18. The van der Waals surface area contributed by atoms with Crippen molar-refractivity contribution in [3.63, 3.8) is 0 Å². The molecule has 5 rings (SSSR count). The molecule has 1 N–H and O–H groups in total. The minimum atomic E-state index is -0.780. The highest BCUT2D eigenvalue weighted by molar-refractivity contribution is 9.12. The molecule has 9 heteroatoms. The number of nitrogens with one attached hydrogen (secondary N) is 1. The number of alkyl halides is 2. The first kappa shape index (κ1) is 21.6. The van der Waals surface area contributed by atoms with Gasteiger partial charge in [-0.3, -0.25) is 24.1 Å². The number of hydrogen-bond acceptors (Lipinski definition) is 5. The van der Waals surface area contributed by atoms with Gasteiger partial charge in [-0.25, -0.2) is 0 Å². The van der Waals surface area contributed by atoms with E-state index in [1.54, 1.807) is 6.07 Å². The number of benzene rings is 2. The van der Waals surface area contributed by atoms with Gasteiger partial charge < -0.3 is 10.1 Å². The summed E-state index contributed by atoms with van der Waals surface area (Å²) < 4.78 is 5.06. The predicted octanol–water partition coefficient (Wildman–Crippen LogP) is 3.10. The largest absolute Gasteiger partial charge is 0.454 e. The average Bonchev–Trinajstić information content (AvgIpc) is 3.39. The molecular formula is C23H20Br2N2O5. The number of amides is 3. The molecule has 3 fully saturated rings. The minimum absolute atomic E-state index is 0.0818. The molecule has 0 spiro atoms. The van der Waals surface area contributed by atoms with Gasteiger partial charge in [-0.05, 0) is 29.7 Å². The number of likely N-dealkylation sites (tertiary alicyclic amines) is 1. The number of esters is 1. The summed E-state index contributed by atoms with van der Waals surface area (Å²) in [6.07, 6.45) is 0.825. The van der Waals surface area contributed by atoms with Crippen LogP contribution < -0.4 is 5.32 Å². The zero-order valence-electron chi connectivity index (χ0n) is 16.9. The predicted molar refractivity (Wildman–Crippen MR) is 124 cm³/mol. The smallest absolute Gasteiger partial charge is 0.326 e. The third-order valence-corrected chi connectivity index (χ3v) is 10.0. The maximum absolute atomic E-state index is 12.9. The first-order chi connectivity index (χ1) is 15.4. The molecule has 3 aliphatic rings. The second-order valence-corrected chi connectivity index (χ2v) is 10.6. The topological polar surface area (TPSA) is 92.8 Å². The SMILES string of the molecule is O=C(COC(=O)CN1C(=O)[C@@H]2[C@H]3C[C@@H]([C@H](Br)[C@H]3Br)[C@@H]2C1=O)Nc1cccc2ccccc12. The van der Waals surface area contributed by atoms with Crippen molar-refractivity contribution in [3.05, 3.63) is 42.5 Å². The number of halogens is 2. The van der Waals surface area contributed by atoms with E-state index in [-0.39, 0.29) is 45.1 Å². The molecule has 2 aromatic rings. The Bertz CT molecular complexity index is 1100. The third-order valence-electron chi connectivity index (χ3n) is 6.79. The van der Waals surface area contributed by atoms with E-state index in [0.717, 1.165) is 22.1 Å². The summed E-state index contributed by atoms with van der Waals surface area (Å²) in [5, 5.41) is 4.59. The number of rotatable bonds is 5. The van der Waals surface area contributed by atoms with E-state index in [1.165, 1.54) is 0 Å². The lowest BCUT2D eigenvalue weighted by molar-refractivity contribution is -0.154. The van der Waals surface area contributed by atoms with Crippen molar-refractivity contribution in [2.24, 2.45) is 23.7 Å². The lowest BCUT2D eigenvalue weighted by Crippen LogP contribution is -2.38. The Kier molecular flexibility index (Phi) is 5.57. The molecule has 166 valence electrons. The lowest BCUT2D eigenvalue weighted by atomic mass is 9.81.